The second-order valence-electron chi connectivity index (χ2n) is 2.28. The van der Waals surface area contributed by atoms with Gasteiger partial charge in [-0.2, -0.15) is 0 Å². The third-order valence-electron chi connectivity index (χ3n) is 1.15. The van der Waals surface area contributed by atoms with Gasteiger partial charge in [-0.25, -0.2) is 9.35 Å². The number of hydrogen-bond acceptors (Lipinski definition) is 4. The Labute approximate surface area is 81.1 Å². The van der Waals surface area contributed by atoms with Crippen LogP contribution < -0.4 is 5.14 Å². The van der Waals surface area contributed by atoms with Crippen LogP contribution in [-0.2, 0) is 25.2 Å². The largest absolute Gasteiger partial charge is 0.367 e. The van der Waals surface area contributed by atoms with E-state index in [0.29, 0.717) is 26.6 Å². The fourth-order valence-electron chi connectivity index (χ4n) is 0.605. The first kappa shape index (κ1) is 13.0. The van der Waals surface area contributed by atoms with Crippen molar-refractivity contribution in [2.75, 3.05) is 32.6 Å². The summed E-state index contributed by atoms with van der Waals surface area (Å²) in [6, 6.07) is 0. The molecule has 0 bridgehead atoms. The van der Waals surface area contributed by atoms with E-state index in [4.69, 9.17) is 19.3 Å². The van der Waals surface area contributed by atoms with Gasteiger partial charge in [-0.1, -0.05) is 0 Å². The van der Waals surface area contributed by atoms with Crippen molar-refractivity contribution >= 4 is 11.0 Å². The Morgan fingerprint density at radius 3 is 2.54 bits per heavy atom. The van der Waals surface area contributed by atoms with Crippen LogP contribution in [0.15, 0.2) is 0 Å². The molecule has 0 fully saturated rings. The smallest absolute Gasteiger partial charge is 0.146 e. The van der Waals surface area contributed by atoms with Gasteiger partial charge in [-0.05, 0) is 13.3 Å². The van der Waals surface area contributed by atoms with Gasteiger partial charge >= 0.3 is 0 Å². The van der Waals surface area contributed by atoms with Crippen molar-refractivity contribution in [1.82, 2.24) is 0 Å². The summed E-state index contributed by atoms with van der Waals surface area (Å²) >= 11 is 0. The summed E-state index contributed by atoms with van der Waals surface area (Å²) in [5.41, 5.74) is 0. The van der Waals surface area contributed by atoms with Crippen LogP contribution in [0, 0.1) is 0 Å². The van der Waals surface area contributed by atoms with Crippen molar-refractivity contribution in [1.29, 1.82) is 0 Å². The first-order chi connectivity index (χ1) is 6.27. The van der Waals surface area contributed by atoms with Gasteiger partial charge in [0.1, 0.15) is 23.7 Å². The van der Waals surface area contributed by atoms with Crippen LogP contribution in [0.4, 0.5) is 0 Å². The highest BCUT2D eigenvalue weighted by Crippen LogP contribution is 1.86. The molecule has 0 amide bonds. The molecule has 2 N–H and O–H groups in total. The summed E-state index contributed by atoms with van der Waals surface area (Å²) in [6.45, 7) is 3.97. The summed E-state index contributed by atoms with van der Waals surface area (Å²) in [5.74, 6) is 0.0888. The molecular weight excluding hydrogens is 194 g/mol. The third-order valence-corrected chi connectivity index (χ3v) is 1.55. The van der Waals surface area contributed by atoms with E-state index in [-0.39, 0.29) is 5.94 Å². The molecule has 0 aromatic rings. The molecule has 1 atom stereocenters. The van der Waals surface area contributed by atoms with E-state index in [1.165, 1.54) is 0 Å². The zero-order valence-electron chi connectivity index (χ0n) is 7.86. The van der Waals surface area contributed by atoms with Crippen molar-refractivity contribution in [2.45, 2.75) is 13.3 Å². The summed E-state index contributed by atoms with van der Waals surface area (Å²) in [7, 11) is -1.36. The molecule has 0 radical (unpaired) electrons. The summed E-state index contributed by atoms with van der Waals surface area (Å²) < 4.78 is 25.3. The predicted octanol–water partition coefficient (Wildman–Crippen LogP) is -0.0164. The zero-order valence-corrected chi connectivity index (χ0v) is 8.68. The maximum absolute atomic E-state index is 10.3. The Bertz CT molecular complexity index is 134. The topological polar surface area (TPSA) is 70.8 Å². The van der Waals surface area contributed by atoms with Crippen molar-refractivity contribution in [3.8, 4) is 0 Å². The third kappa shape index (κ3) is 12.0. The summed E-state index contributed by atoms with van der Waals surface area (Å²) in [6.07, 6.45) is 0.754. The standard InChI is InChI=1S/C7H17NO4S/c1-2-10-6-11-4-3-5-12-7-13(8)9/h2-8H2,1H3. The average molecular weight is 211 g/mol. The van der Waals surface area contributed by atoms with Gasteiger partial charge < -0.3 is 14.2 Å². The van der Waals surface area contributed by atoms with Crippen molar-refractivity contribution in [2.24, 2.45) is 5.14 Å². The molecule has 0 aliphatic heterocycles. The lowest BCUT2D eigenvalue weighted by atomic mass is 10.5. The van der Waals surface area contributed by atoms with Gasteiger partial charge in [0.25, 0.3) is 0 Å². The molecular formula is C7H17NO4S. The first-order valence-electron chi connectivity index (χ1n) is 4.13. The molecule has 1 unspecified atom stereocenters. The minimum atomic E-state index is -1.36. The molecule has 5 nitrogen and oxygen atoms in total. The fraction of sp³-hybridized carbons (Fsp3) is 1.00. The van der Waals surface area contributed by atoms with Crippen LogP contribution in [0.3, 0.4) is 0 Å². The molecule has 0 aromatic heterocycles. The maximum atomic E-state index is 10.3. The molecule has 13 heavy (non-hydrogen) atoms. The Balaban J connectivity index is 2.87. The zero-order chi connectivity index (χ0) is 9.94. The number of nitrogens with two attached hydrogens (primary N) is 1. The molecule has 0 aliphatic carbocycles. The fourth-order valence-corrected chi connectivity index (χ4v) is 0.887. The van der Waals surface area contributed by atoms with Gasteiger partial charge in [0.15, 0.2) is 0 Å². The monoisotopic (exact) mass is 211 g/mol. The summed E-state index contributed by atoms with van der Waals surface area (Å²) in [5, 5.41) is 4.97. The lowest BCUT2D eigenvalue weighted by Crippen LogP contribution is -2.12. The van der Waals surface area contributed by atoms with Crippen molar-refractivity contribution < 1.29 is 18.4 Å². The predicted molar refractivity (Wildman–Crippen MR) is 50.2 cm³/mol. The van der Waals surface area contributed by atoms with Crippen molar-refractivity contribution in [3.63, 3.8) is 0 Å². The Hall–Kier alpha value is -0.0100. The lowest BCUT2D eigenvalue weighted by molar-refractivity contribution is -0.0533. The molecule has 0 heterocycles. The van der Waals surface area contributed by atoms with E-state index in [1.807, 2.05) is 6.92 Å². The first-order valence-corrected chi connectivity index (χ1v) is 5.51. The second kappa shape index (κ2) is 10.1. The molecule has 0 saturated carbocycles. The minimum Gasteiger partial charge on any atom is -0.367 e. The summed E-state index contributed by atoms with van der Waals surface area (Å²) in [4.78, 5) is 0. The van der Waals surface area contributed by atoms with Crippen LogP contribution in [-0.4, -0.2) is 36.8 Å². The van der Waals surface area contributed by atoms with Crippen molar-refractivity contribution in [3.05, 3.63) is 0 Å². The molecule has 0 aromatic carbocycles. The van der Waals surface area contributed by atoms with Gasteiger partial charge in [0, 0.05) is 6.61 Å². The van der Waals surface area contributed by atoms with Crippen LogP contribution in [0.25, 0.3) is 0 Å². The number of rotatable bonds is 9. The average Bonchev–Trinajstić information content (AvgIpc) is 2.09. The van der Waals surface area contributed by atoms with E-state index < -0.39 is 11.0 Å². The Kier molecular flexibility index (Phi) is 10.1. The van der Waals surface area contributed by atoms with Crippen LogP contribution >= 0.6 is 0 Å². The van der Waals surface area contributed by atoms with Gasteiger partial charge in [0.2, 0.25) is 0 Å². The van der Waals surface area contributed by atoms with Crippen LogP contribution in [0.1, 0.15) is 13.3 Å². The Morgan fingerprint density at radius 2 is 1.92 bits per heavy atom. The van der Waals surface area contributed by atoms with Gasteiger partial charge in [0.05, 0.1) is 13.2 Å². The van der Waals surface area contributed by atoms with E-state index in [0.717, 1.165) is 6.42 Å². The molecule has 0 rings (SSSR count). The normalized spacial score (nSPS) is 13.1. The molecule has 0 saturated heterocycles. The molecule has 6 heteroatoms. The quantitative estimate of drug-likeness (QED) is 0.430. The van der Waals surface area contributed by atoms with Gasteiger partial charge in [-0.3, -0.25) is 0 Å². The van der Waals surface area contributed by atoms with Crippen LogP contribution in [0.5, 0.6) is 0 Å². The number of hydrogen-bond donors (Lipinski definition) is 1. The van der Waals surface area contributed by atoms with E-state index in [9.17, 15) is 4.21 Å². The SMILES string of the molecule is CCOCOCCCOCS(N)=O. The highest BCUT2D eigenvalue weighted by atomic mass is 32.2. The maximum Gasteiger partial charge on any atom is 0.146 e. The van der Waals surface area contributed by atoms with Gasteiger partial charge in [-0.15, -0.1) is 0 Å². The Morgan fingerprint density at radius 1 is 1.23 bits per heavy atom. The molecule has 0 spiro atoms. The van der Waals surface area contributed by atoms with E-state index >= 15 is 0 Å². The van der Waals surface area contributed by atoms with Crippen LogP contribution in [0.2, 0.25) is 0 Å². The van der Waals surface area contributed by atoms with E-state index in [1.54, 1.807) is 0 Å². The minimum absolute atomic E-state index is 0.0888. The highest BCUT2D eigenvalue weighted by molar-refractivity contribution is 7.82. The molecule has 80 valence electrons. The highest BCUT2D eigenvalue weighted by Gasteiger charge is 1.92. The molecule has 0 aliphatic rings. The number of ether oxygens (including phenoxy) is 3. The lowest BCUT2D eigenvalue weighted by Gasteiger charge is -2.03. The van der Waals surface area contributed by atoms with E-state index in [2.05, 4.69) is 0 Å². The second-order valence-corrected chi connectivity index (χ2v) is 3.28.